The summed E-state index contributed by atoms with van der Waals surface area (Å²) >= 11 is 2.49. The lowest BCUT2D eigenvalue weighted by molar-refractivity contribution is -0.0717. The zero-order valence-corrected chi connectivity index (χ0v) is 12.7. The van der Waals surface area contributed by atoms with E-state index in [9.17, 15) is 0 Å². The summed E-state index contributed by atoms with van der Waals surface area (Å²) in [6, 6.07) is 10.5. The first-order valence-electron chi connectivity index (χ1n) is 6.48. The van der Waals surface area contributed by atoms with Crippen LogP contribution in [0.2, 0.25) is 0 Å². The Kier molecular flexibility index (Phi) is 4.86. The molecule has 0 bridgehead atoms. The lowest BCUT2D eigenvalue weighted by Crippen LogP contribution is -2.39. The van der Waals surface area contributed by atoms with Crippen molar-refractivity contribution in [1.82, 2.24) is 0 Å². The van der Waals surface area contributed by atoms with Crippen molar-refractivity contribution in [2.45, 2.75) is 44.8 Å². The number of benzene rings is 1. The number of hydrogen-bond acceptors (Lipinski definition) is 1. The molecule has 0 aromatic heterocycles. The van der Waals surface area contributed by atoms with Gasteiger partial charge in [0.25, 0.3) is 0 Å². The molecule has 1 saturated carbocycles. The van der Waals surface area contributed by atoms with Crippen LogP contribution in [0.15, 0.2) is 30.3 Å². The molecule has 0 amide bonds. The minimum Gasteiger partial charge on any atom is -0.370 e. The van der Waals surface area contributed by atoms with Crippen LogP contribution in [0.25, 0.3) is 0 Å². The standard InChI is InChI=1S/C15H21IO/c1-13-6-5-9-15(10-13,12-16)17-11-14-7-3-2-4-8-14/h2-4,7-8,13H,5-6,9-12H2,1H3. The highest BCUT2D eigenvalue weighted by Crippen LogP contribution is 2.37. The Bertz CT molecular complexity index is 338. The Morgan fingerprint density at radius 3 is 2.76 bits per heavy atom. The molecular formula is C15H21IO. The van der Waals surface area contributed by atoms with Crippen LogP contribution in [0.5, 0.6) is 0 Å². The molecule has 0 radical (unpaired) electrons. The third-order valence-electron chi connectivity index (χ3n) is 3.68. The van der Waals surface area contributed by atoms with Crippen LogP contribution in [0.4, 0.5) is 0 Å². The highest BCUT2D eigenvalue weighted by molar-refractivity contribution is 14.1. The highest BCUT2D eigenvalue weighted by atomic mass is 127. The number of halogens is 1. The normalized spacial score (nSPS) is 29.2. The number of hydrogen-bond donors (Lipinski definition) is 0. The van der Waals surface area contributed by atoms with Crippen molar-refractivity contribution in [3.63, 3.8) is 0 Å². The fourth-order valence-electron chi connectivity index (χ4n) is 2.71. The summed E-state index contributed by atoms with van der Waals surface area (Å²) < 4.78 is 7.38. The molecule has 1 aromatic rings. The maximum Gasteiger partial charge on any atom is 0.0778 e. The topological polar surface area (TPSA) is 9.23 Å². The van der Waals surface area contributed by atoms with E-state index in [0.29, 0.717) is 0 Å². The molecule has 1 fully saturated rings. The lowest BCUT2D eigenvalue weighted by Gasteiger charge is -2.38. The third kappa shape index (κ3) is 3.68. The molecule has 1 aliphatic carbocycles. The Hall–Kier alpha value is -0.0900. The summed E-state index contributed by atoms with van der Waals surface area (Å²) in [5, 5.41) is 0. The van der Waals surface area contributed by atoms with E-state index in [1.165, 1.54) is 31.2 Å². The van der Waals surface area contributed by atoms with Crippen LogP contribution < -0.4 is 0 Å². The zero-order valence-electron chi connectivity index (χ0n) is 10.5. The minimum atomic E-state index is 0.133. The number of ether oxygens (including phenoxy) is 1. The molecule has 94 valence electrons. The van der Waals surface area contributed by atoms with Crippen molar-refractivity contribution in [3.05, 3.63) is 35.9 Å². The first-order chi connectivity index (χ1) is 8.24. The molecule has 2 atom stereocenters. The van der Waals surface area contributed by atoms with Crippen LogP contribution in [0, 0.1) is 5.92 Å². The largest absolute Gasteiger partial charge is 0.370 e. The predicted molar refractivity (Wildman–Crippen MR) is 80.5 cm³/mol. The molecule has 1 nitrogen and oxygen atoms in total. The quantitative estimate of drug-likeness (QED) is 0.574. The molecule has 0 spiro atoms. The minimum absolute atomic E-state index is 0.133. The molecule has 2 rings (SSSR count). The van der Waals surface area contributed by atoms with Gasteiger partial charge in [0.1, 0.15) is 0 Å². The summed E-state index contributed by atoms with van der Waals surface area (Å²) in [5.41, 5.74) is 1.42. The van der Waals surface area contributed by atoms with Gasteiger partial charge in [-0.3, -0.25) is 0 Å². The fraction of sp³-hybridized carbons (Fsp3) is 0.600. The van der Waals surface area contributed by atoms with E-state index in [4.69, 9.17) is 4.74 Å². The first-order valence-corrected chi connectivity index (χ1v) is 8.00. The second kappa shape index (κ2) is 6.19. The van der Waals surface area contributed by atoms with E-state index in [0.717, 1.165) is 17.0 Å². The van der Waals surface area contributed by atoms with E-state index in [2.05, 4.69) is 59.8 Å². The smallest absolute Gasteiger partial charge is 0.0778 e. The summed E-state index contributed by atoms with van der Waals surface area (Å²) in [7, 11) is 0. The molecule has 17 heavy (non-hydrogen) atoms. The van der Waals surface area contributed by atoms with E-state index < -0.39 is 0 Å². The van der Waals surface area contributed by atoms with Crippen molar-refractivity contribution in [1.29, 1.82) is 0 Å². The molecular weight excluding hydrogens is 323 g/mol. The summed E-state index contributed by atoms with van der Waals surface area (Å²) in [6.45, 7) is 3.11. The van der Waals surface area contributed by atoms with Gasteiger partial charge in [-0.15, -0.1) is 0 Å². The van der Waals surface area contributed by atoms with Gasteiger partial charge in [0.15, 0.2) is 0 Å². The molecule has 0 aliphatic heterocycles. The second-order valence-corrected chi connectivity index (χ2v) is 6.06. The molecule has 1 aliphatic rings. The average Bonchev–Trinajstić information content (AvgIpc) is 2.38. The van der Waals surface area contributed by atoms with E-state index >= 15 is 0 Å². The van der Waals surface area contributed by atoms with Crippen molar-refractivity contribution in [2.75, 3.05) is 4.43 Å². The lowest BCUT2D eigenvalue weighted by atomic mass is 9.80. The zero-order chi connectivity index (χ0) is 12.1. The Morgan fingerprint density at radius 2 is 2.12 bits per heavy atom. The Morgan fingerprint density at radius 1 is 1.35 bits per heavy atom. The molecule has 0 heterocycles. The van der Waals surface area contributed by atoms with Crippen LogP contribution in [-0.4, -0.2) is 10.0 Å². The highest BCUT2D eigenvalue weighted by Gasteiger charge is 2.34. The van der Waals surface area contributed by atoms with Gasteiger partial charge in [-0.2, -0.15) is 0 Å². The van der Waals surface area contributed by atoms with E-state index in [1.807, 2.05) is 0 Å². The maximum atomic E-state index is 6.27. The summed E-state index contributed by atoms with van der Waals surface area (Å²) in [5.74, 6) is 0.814. The second-order valence-electron chi connectivity index (χ2n) is 5.29. The van der Waals surface area contributed by atoms with Gasteiger partial charge < -0.3 is 4.74 Å². The van der Waals surface area contributed by atoms with E-state index in [1.54, 1.807) is 0 Å². The molecule has 2 unspecified atom stereocenters. The average molecular weight is 344 g/mol. The molecule has 0 N–H and O–H groups in total. The van der Waals surface area contributed by atoms with Crippen molar-refractivity contribution < 1.29 is 4.74 Å². The van der Waals surface area contributed by atoms with Crippen LogP contribution in [-0.2, 0) is 11.3 Å². The van der Waals surface area contributed by atoms with Crippen molar-refractivity contribution in [3.8, 4) is 0 Å². The van der Waals surface area contributed by atoms with Crippen LogP contribution in [0.3, 0.4) is 0 Å². The van der Waals surface area contributed by atoms with Crippen LogP contribution >= 0.6 is 22.6 Å². The third-order valence-corrected chi connectivity index (χ3v) is 5.07. The molecule has 2 heteroatoms. The van der Waals surface area contributed by atoms with E-state index in [-0.39, 0.29) is 5.60 Å². The Balaban J connectivity index is 1.95. The van der Waals surface area contributed by atoms with Gasteiger partial charge in [0.2, 0.25) is 0 Å². The van der Waals surface area contributed by atoms with Gasteiger partial charge in [-0.25, -0.2) is 0 Å². The SMILES string of the molecule is CC1CCCC(CI)(OCc2ccccc2)C1. The molecule has 1 aromatic carbocycles. The number of rotatable bonds is 4. The first kappa shape index (κ1) is 13.3. The summed E-state index contributed by atoms with van der Waals surface area (Å²) in [4.78, 5) is 0. The Labute approximate surface area is 118 Å². The van der Waals surface area contributed by atoms with Gasteiger partial charge in [0.05, 0.1) is 12.2 Å². The van der Waals surface area contributed by atoms with Crippen molar-refractivity contribution in [2.24, 2.45) is 5.92 Å². The van der Waals surface area contributed by atoms with Crippen LogP contribution in [0.1, 0.15) is 38.2 Å². The van der Waals surface area contributed by atoms with Gasteiger partial charge in [-0.05, 0) is 24.3 Å². The number of alkyl halides is 1. The van der Waals surface area contributed by atoms with Gasteiger partial charge >= 0.3 is 0 Å². The summed E-state index contributed by atoms with van der Waals surface area (Å²) in [6.07, 6.45) is 5.14. The monoisotopic (exact) mass is 344 g/mol. The fourth-order valence-corrected chi connectivity index (χ4v) is 3.63. The predicted octanol–water partition coefficient (Wildman–Crippen LogP) is 4.59. The maximum absolute atomic E-state index is 6.27. The van der Waals surface area contributed by atoms with Gasteiger partial charge in [-0.1, -0.05) is 72.7 Å². The molecule has 0 saturated heterocycles. The van der Waals surface area contributed by atoms with Crippen molar-refractivity contribution >= 4 is 22.6 Å². The van der Waals surface area contributed by atoms with Gasteiger partial charge in [0, 0.05) is 4.43 Å².